The lowest BCUT2D eigenvalue weighted by Crippen LogP contribution is -2.30. The van der Waals surface area contributed by atoms with Gasteiger partial charge in [0, 0.05) is 31.5 Å². The highest BCUT2D eigenvalue weighted by atomic mass is 16.5. The number of carbonyl (C=O) groups excluding carboxylic acids is 1. The van der Waals surface area contributed by atoms with Crippen molar-refractivity contribution in [3.8, 4) is 11.3 Å². The molecule has 0 unspecified atom stereocenters. The molecule has 1 atom stereocenters. The van der Waals surface area contributed by atoms with Crippen LogP contribution in [0.4, 0.5) is 0 Å². The molecule has 0 aliphatic carbocycles. The third kappa shape index (κ3) is 4.45. The zero-order chi connectivity index (χ0) is 16.8. The summed E-state index contributed by atoms with van der Waals surface area (Å²) < 4.78 is 5.53. The summed E-state index contributed by atoms with van der Waals surface area (Å²) in [4.78, 5) is 14.0. The molecule has 1 aliphatic heterocycles. The number of aryl methyl sites for hydroxylation is 1. The van der Waals surface area contributed by atoms with Gasteiger partial charge in [0.1, 0.15) is 0 Å². The Morgan fingerprint density at radius 3 is 2.96 bits per heavy atom. The Balaban J connectivity index is 1.43. The van der Waals surface area contributed by atoms with Crippen molar-refractivity contribution in [2.24, 2.45) is 0 Å². The van der Waals surface area contributed by atoms with Gasteiger partial charge in [-0.25, -0.2) is 0 Å². The number of benzene rings is 1. The standard InChI is InChI=1S/C19H25N3O2/c1-22(19(23)14-17-10-6-12-24-17)11-5-9-16-13-18(21-20-16)15-7-3-2-4-8-15/h2-4,7-8,13,17H,5-6,9-12,14H2,1H3,(H,20,21)/t17-/m1/s1. The van der Waals surface area contributed by atoms with Gasteiger partial charge in [-0.05, 0) is 31.7 Å². The molecule has 2 aromatic rings. The van der Waals surface area contributed by atoms with Crippen LogP contribution >= 0.6 is 0 Å². The number of amides is 1. The minimum absolute atomic E-state index is 0.126. The summed E-state index contributed by atoms with van der Waals surface area (Å²) in [6.07, 6.45) is 4.53. The summed E-state index contributed by atoms with van der Waals surface area (Å²) >= 11 is 0. The summed E-state index contributed by atoms with van der Waals surface area (Å²) in [6, 6.07) is 12.2. The number of aromatic nitrogens is 2. The average molecular weight is 327 g/mol. The molecule has 5 nitrogen and oxygen atoms in total. The van der Waals surface area contributed by atoms with Crippen LogP contribution in [0, 0.1) is 0 Å². The number of aromatic amines is 1. The monoisotopic (exact) mass is 327 g/mol. The van der Waals surface area contributed by atoms with E-state index >= 15 is 0 Å². The maximum Gasteiger partial charge on any atom is 0.224 e. The van der Waals surface area contributed by atoms with Gasteiger partial charge in [-0.1, -0.05) is 30.3 Å². The first-order valence-electron chi connectivity index (χ1n) is 8.67. The average Bonchev–Trinajstić information content (AvgIpc) is 3.27. The molecule has 0 radical (unpaired) electrons. The highest BCUT2D eigenvalue weighted by Gasteiger charge is 2.20. The zero-order valence-corrected chi connectivity index (χ0v) is 14.2. The van der Waals surface area contributed by atoms with Gasteiger partial charge >= 0.3 is 0 Å². The number of nitrogens with zero attached hydrogens (tertiary/aromatic N) is 2. The zero-order valence-electron chi connectivity index (χ0n) is 14.2. The smallest absolute Gasteiger partial charge is 0.224 e. The predicted octanol–water partition coefficient (Wildman–Crippen LogP) is 3.04. The van der Waals surface area contributed by atoms with Crippen LogP contribution in [0.25, 0.3) is 11.3 Å². The van der Waals surface area contributed by atoms with Crippen LogP contribution in [0.15, 0.2) is 36.4 Å². The Labute approximate surface area is 143 Å². The molecule has 1 aromatic heterocycles. The fourth-order valence-electron chi connectivity index (χ4n) is 3.03. The molecule has 1 aliphatic rings. The molecule has 0 saturated carbocycles. The fraction of sp³-hybridized carbons (Fsp3) is 0.474. The predicted molar refractivity (Wildman–Crippen MR) is 93.6 cm³/mol. The minimum atomic E-state index is 0.126. The van der Waals surface area contributed by atoms with Gasteiger partial charge in [-0.15, -0.1) is 0 Å². The minimum Gasteiger partial charge on any atom is -0.378 e. The van der Waals surface area contributed by atoms with Gasteiger partial charge in [0.2, 0.25) is 5.91 Å². The Bertz CT molecular complexity index is 648. The molecule has 1 amide bonds. The molecular weight excluding hydrogens is 302 g/mol. The van der Waals surface area contributed by atoms with E-state index in [0.29, 0.717) is 6.42 Å². The quantitative estimate of drug-likeness (QED) is 0.850. The van der Waals surface area contributed by atoms with Crippen molar-refractivity contribution < 1.29 is 9.53 Å². The van der Waals surface area contributed by atoms with E-state index in [1.54, 1.807) is 0 Å². The van der Waals surface area contributed by atoms with E-state index < -0.39 is 0 Å². The number of ether oxygens (including phenoxy) is 1. The van der Waals surface area contributed by atoms with Crippen molar-refractivity contribution in [2.75, 3.05) is 20.2 Å². The molecule has 0 spiro atoms. The van der Waals surface area contributed by atoms with Crippen LogP contribution in [0.2, 0.25) is 0 Å². The van der Waals surface area contributed by atoms with E-state index in [-0.39, 0.29) is 12.0 Å². The summed E-state index contributed by atoms with van der Waals surface area (Å²) in [7, 11) is 1.87. The van der Waals surface area contributed by atoms with E-state index in [0.717, 1.165) is 55.8 Å². The number of hydrogen-bond donors (Lipinski definition) is 1. The second kappa shape index (κ2) is 8.11. The van der Waals surface area contributed by atoms with Crippen LogP contribution in [0.5, 0.6) is 0 Å². The van der Waals surface area contributed by atoms with E-state index in [1.807, 2.05) is 30.1 Å². The van der Waals surface area contributed by atoms with E-state index in [9.17, 15) is 4.79 Å². The molecule has 1 N–H and O–H groups in total. The second-order valence-electron chi connectivity index (χ2n) is 6.40. The van der Waals surface area contributed by atoms with Crippen molar-refractivity contribution in [2.45, 2.75) is 38.2 Å². The number of H-pyrrole nitrogens is 1. The number of hydrogen-bond acceptors (Lipinski definition) is 3. The van der Waals surface area contributed by atoms with Crippen molar-refractivity contribution in [3.63, 3.8) is 0 Å². The molecule has 2 heterocycles. The van der Waals surface area contributed by atoms with Crippen LogP contribution in [-0.4, -0.2) is 47.3 Å². The van der Waals surface area contributed by atoms with Gasteiger partial charge in [0.25, 0.3) is 0 Å². The van der Waals surface area contributed by atoms with Crippen molar-refractivity contribution >= 4 is 5.91 Å². The Hall–Kier alpha value is -2.14. The van der Waals surface area contributed by atoms with Crippen molar-refractivity contribution in [3.05, 3.63) is 42.1 Å². The SMILES string of the molecule is CN(CCCc1cc(-c2ccccc2)n[nH]1)C(=O)C[C@H]1CCCO1. The molecule has 1 aromatic carbocycles. The third-order valence-electron chi connectivity index (χ3n) is 4.49. The van der Waals surface area contributed by atoms with Gasteiger partial charge in [-0.3, -0.25) is 9.89 Å². The second-order valence-corrected chi connectivity index (χ2v) is 6.40. The summed E-state index contributed by atoms with van der Waals surface area (Å²) in [5, 5.41) is 7.46. The third-order valence-corrected chi connectivity index (χ3v) is 4.49. The van der Waals surface area contributed by atoms with E-state index in [1.165, 1.54) is 0 Å². The molecule has 128 valence electrons. The van der Waals surface area contributed by atoms with Gasteiger partial charge < -0.3 is 9.64 Å². The molecule has 0 bridgehead atoms. The lowest BCUT2D eigenvalue weighted by atomic mass is 10.1. The lowest BCUT2D eigenvalue weighted by molar-refractivity contribution is -0.132. The van der Waals surface area contributed by atoms with Gasteiger partial charge in [0.15, 0.2) is 0 Å². The molecule has 24 heavy (non-hydrogen) atoms. The number of nitrogens with one attached hydrogen (secondary N) is 1. The highest BCUT2D eigenvalue weighted by Crippen LogP contribution is 2.18. The van der Waals surface area contributed by atoms with Crippen LogP contribution < -0.4 is 0 Å². The van der Waals surface area contributed by atoms with Crippen LogP contribution in [-0.2, 0) is 16.0 Å². The lowest BCUT2D eigenvalue weighted by Gasteiger charge is -2.18. The molecule has 1 saturated heterocycles. The van der Waals surface area contributed by atoms with Gasteiger partial charge in [-0.2, -0.15) is 5.10 Å². The number of rotatable bonds is 7. The van der Waals surface area contributed by atoms with Gasteiger partial charge in [0.05, 0.1) is 18.2 Å². The van der Waals surface area contributed by atoms with Crippen LogP contribution in [0.3, 0.4) is 0 Å². The molecule has 3 rings (SSSR count). The Kier molecular flexibility index (Phi) is 5.64. The first-order chi connectivity index (χ1) is 11.7. The molecule has 1 fully saturated rings. The molecule has 5 heteroatoms. The van der Waals surface area contributed by atoms with Crippen molar-refractivity contribution in [1.82, 2.24) is 15.1 Å². The fourth-order valence-corrected chi connectivity index (χ4v) is 3.03. The molecular formula is C19H25N3O2. The topological polar surface area (TPSA) is 58.2 Å². The Morgan fingerprint density at radius 1 is 1.38 bits per heavy atom. The van der Waals surface area contributed by atoms with E-state index in [4.69, 9.17) is 4.74 Å². The van der Waals surface area contributed by atoms with Crippen molar-refractivity contribution in [1.29, 1.82) is 0 Å². The first-order valence-corrected chi connectivity index (χ1v) is 8.67. The summed E-state index contributed by atoms with van der Waals surface area (Å²) in [6.45, 7) is 1.55. The summed E-state index contributed by atoms with van der Waals surface area (Å²) in [5.41, 5.74) is 3.19. The largest absolute Gasteiger partial charge is 0.378 e. The Morgan fingerprint density at radius 2 is 2.21 bits per heavy atom. The number of carbonyl (C=O) groups is 1. The first kappa shape index (κ1) is 16.7. The normalized spacial score (nSPS) is 17.1. The highest BCUT2D eigenvalue weighted by molar-refractivity contribution is 5.76. The van der Waals surface area contributed by atoms with E-state index in [2.05, 4.69) is 28.4 Å². The maximum absolute atomic E-state index is 12.2. The summed E-state index contributed by atoms with van der Waals surface area (Å²) in [5.74, 6) is 0.177. The maximum atomic E-state index is 12.2. The van der Waals surface area contributed by atoms with Crippen LogP contribution in [0.1, 0.15) is 31.4 Å².